The summed E-state index contributed by atoms with van der Waals surface area (Å²) in [5, 5.41) is 9.22. The lowest BCUT2D eigenvalue weighted by atomic mass is 9.96. The van der Waals surface area contributed by atoms with E-state index < -0.39 is 0 Å². The van der Waals surface area contributed by atoms with Crippen molar-refractivity contribution in [3.63, 3.8) is 0 Å². The third-order valence-corrected chi connectivity index (χ3v) is 4.76. The Morgan fingerprint density at radius 1 is 1.12 bits per heavy atom. The summed E-state index contributed by atoms with van der Waals surface area (Å²) in [6.45, 7) is 1.44. The number of amides is 1. The number of carbonyl (C=O) groups is 1. The molecule has 0 bridgehead atoms. The number of fused-ring (bicyclic) bond motifs is 1. The molecule has 3 aromatic rings. The molecule has 0 N–H and O–H groups in total. The SMILES string of the molecule is O=C(c1ccc(Cl)cc1)N1CCC[C@H](c2nnc3ccccn23)C1. The fourth-order valence-electron chi connectivity index (χ4n) is 3.29. The fourth-order valence-corrected chi connectivity index (χ4v) is 3.41. The molecule has 2 aromatic heterocycles. The predicted octanol–water partition coefficient (Wildman–Crippen LogP) is 3.40. The molecule has 0 unspecified atom stereocenters. The molecule has 1 saturated heterocycles. The van der Waals surface area contributed by atoms with Gasteiger partial charge in [-0.1, -0.05) is 17.7 Å². The maximum Gasteiger partial charge on any atom is 0.253 e. The Bertz CT molecular complexity index is 874. The molecule has 5 nitrogen and oxygen atoms in total. The highest BCUT2D eigenvalue weighted by molar-refractivity contribution is 6.30. The van der Waals surface area contributed by atoms with Gasteiger partial charge in [0.25, 0.3) is 5.91 Å². The van der Waals surface area contributed by atoms with Gasteiger partial charge in [-0.25, -0.2) is 0 Å². The van der Waals surface area contributed by atoms with Crippen LogP contribution in [0.4, 0.5) is 0 Å². The standard InChI is InChI=1S/C18H17ClN4O/c19-15-8-6-13(7-9-15)18(24)22-10-3-4-14(12-22)17-21-20-16-5-1-2-11-23(16)17/h1-2,5-9,11,14H,3-4,10,12H2/t14-/m0/s1. The Balaban J connectivity index is 1.57. The number of piperidine rings is 1. The molecule has 0 spiro atoms. The second-order valence-electron chi connectivity index (χ2n) is 6.08. The first-order valence-corrected chi connectivity index (χ1v) is 8.44. The van der Waals surface area contributed by atoms with Gasteiger partial charge in [-0.3, -0.25) is 9.20 Å². The first kappa shape index (κ1) is 15.1. The lowest BCUT2D eigenvalue weighted by Crippen LogP contribution is -2.39. The summed E-state index contributed by atoms with van der Waals surface area (Å²) in [6, 6.07) is 12.9. The Morgan fingerprint density at radius 2 is 1.96 bits per heavy atom. The molecule has 1 aliphatic heterocycles. The van der Waals surface area contributed by atoms with Crippen molar-refractivity contribution in [2.45, 2.75) is 18.8 Å². The summed E-state index contributed by atoms with van der Waals surface area (Å²) in [6.07, 6.45) is 3.95. The highest BCUT2D eigenvalue weighted by atomic mass is 35.5. The van der Waals surface area contributed by atoms with Crippen LogP contribution in [0.2, 0.25) is 5.02 Å². The van der Waals surface area contributed by atoms with Gasteiger partial charge < -0.3 is 4.90 Å². The van der Waals surface area contributed by atoms with Crippen molar-refractivity contribution < 1.29 is 4.79 Å². The molecule has 1 fully saturated rings. The van der Waals surface area contributed by atoms with E-state index in [4.69, 9.17) is 11.6 Å². The predicted molar refractivity (Wildman–Crippen MR) is 92.3 cm³/mol. The number of pyridine rings is 1. The van der Waals surface area contributed by atoms with Crippen molar-refractivity contribution >= 4 is 23.2 Å². The van der Waals surface area contributed by atoms with Gasteiger partial charge in [0.2, 0.25) is 0 Å². The zero-order valence-electron chi connectivity index (χ0n) is 13.1. The number of benzene rings is 1. The van der Waals surface area contributed by atoms with Crippen LogP contribution in [0.5, 0.6) is 0 Å². The normalized spacial score (nSPS) is 18.0. The molecule has 1 aliphatic rings. The van der Waals surface area contributed by atoms with Gasteiger partial charge >= 0.3 is 0 Å². The monoisotopic (exact) mass is 340 g/mol. The minimum Gasteiger partial charge on any atom is -0.338 e. The van der Waals surface area contributed by atoms with Crippen LogP contribution in [0.3, 0.4) is 0 Å². The minimum absolute atomic E-state index is 0.0465. The molecule has 24 heavy (non-hydrogen) atoms. The Hall–Kier alpha value is -2.40. The largest absolute Gasteiger partial charge is 0.338 e. The fraction of sp³-hybridized carbons (Fsp3) is 0.278. The molecule has 0 aliphatic carbocycles. The van der Waals surface area contributed by atoms with E-state index in [-0.39, 0.29) is 11.8 Å². The Kier molecular flexibility index (Phi) is 3.94. The minimum atomic E-state index is 0.0465. The summed E-state index contributed by atoms with van der Waals surface area (Å²) >= 11 is 5.91. The Morgan fingerprint density at radius 3 is 2.79 bits per heavy atom. The molecule has 1 amide bonds. The van der Waals surface area contributed by atoms with Gasteiger partial charge in [0, 0.05) is 35.8 Å². The van der Waals surface area contributed by atoms with Gasteiger partial charge in [-0.15, -0.1) is 10.2 Å². The number of hydrogen-bond acceptors (Lipinski definition) is 3. The van der Waals surface area contributed by atoms with E-state index in [0.717, 1.165) is 30.9 Å². The van der Waals surface area contributed by atoms with Crippen molar-refractivity contribution in [3.05, 3.63) is 65.1 Å². The number of halogens is 1. The maximum absolute atomic E-state index is 12.7. The second kappa shape index (κ2) is 6.24. The molecule has 122 valence electrons. The third kappa shape index (κ3) is 2.76. The average Bonchev–Trinajstić information content (AvgIpc) is 3.06. The van der Waals surface area contributed by atoms with Gasteiger partial charge in [-0.2, -0.15) is 0 Å². The van der Waals surface area contributed by atoms with E-state index in [0.29, 0.717) is 17.1 Å². The molecule has 3 heterocycles. The van der Waals surface area contributed by atoms with Crippen LogP contribution >= 0.6 is 11.6 Å². The number of rotatable bonds is 2. The van der Waals surface area contributed by atoms with Gasteiger partial charge in [0.05, 0.1) is 0 Å². The van der Waals surface area contributed by atoms with Crippen molar-refractivity contribution in [2.24, 2.45) is 0 Å². The first-order chi connectivity index (χ1) is 11.7. The number of carbonyl (C=O) groups excluding carboxylic acids is 1. The molecule has 1 aromatic carbocycles. The molecule has 4 rings (SSSR count). The summed E-state index contributed by atoms with van der Waals surface area (Å²) in [5.74, 6) is 1.18. The number of nitrogens with zero attached hydrogens (tertiary/aromatic N) is 4. The van der Waals surface area contributed by atoms with Crippen molar-refractivity contribution in [3.8, 4) is 0 Å². The number of likely N-dealkylation sites (tertiary alicyclic amines) is 1. The first-order valence-electron chi connectivity index (χ1n) is 8.07. The van der Waals surface area contributed by atoms with E-state index in [9.17, 15) is 4.79 Å². The van der Waals surface area contributed by atoms with Crippen LogP contribution in [-0.4, -0.2) is 38.5 Å². The van der Waals surface area contributed by atoms with E-state index in [2.05, 4.69) is 10.2 Å². The van der Waals surface area contributed by atoms with Crippen molar-refractivity contribution in [2.75, 3.05) is 13.1 Å². The van der Waals surface area contributed by atoms with Crippen LogP contribution in [0, 0.1) is 0 Å². The van der Waals surface area contributed by atoms with Gasteiger partial charge in [0.15, 0.2) is 5.65 Å². The zero-order chi connectivity index (χ0) is 16.5. The molecule has 0 radical (unpaired) electrons. The summed E-state index contributed by atoms with van der Waals surface area (Å²) in [7, 11) is 0. The highest BCUT2D eigenvalue weighted by Crippen LogP contribution is 2.27. The van der Waals surface area contributed by atoms with Crippen LogP contribution in [0.15, 0.2) is 48.7 Å². The number of hydrogen-bond donors (Lipinski definition) is 0. The topological polar surface area (TPSA) is 50.5 Å². The number of aromatic nitrogens is 3. The molecule has 0 saturated carbocycles. The van der Waals surface area contributed by atoms with Gasteiger partial charge in [0.1, 0.15) is 5.82 Å². The maximum atomic E-state index is 12.7. The van der Waals surface area contributed by atoms with E-state index in [1.54, 1.807) is 24.3 Å². The van der Waals surface area contributed by atoms with Crippen LogP contribution in [-0.2, 0) is 0 Å². The van der Waals surface area contributed by atoms with Crippen molar-refractivity contribution in [1.29, 1.82) is 0 Å². The quantitative estimate of drug-likeness (QED) is 0.718. The third-order valence-electron chi connectivity index (χ3n) is 4.51. The highest BCUT2D eigenvalue weighted by Gasteiger charge is 2.28. The second-order valence-corrected chi connectivity index (χ2v) is 6.52. The van der Waals surface area contributed by atoms with Crippen LogP contribution in [0.1, 0.15) is 34.9 Å². The zero-order valence-corrected chi connectivity index (χ0v) is 13.9. The van der Waals surface area contributed by atoms with E-state index in [1.165, 1.54) is 0 Å². The molecular weight excluding hydrogens is 324 g/mol. The summed E-state index contributed by atoms with van der Waals surface area (Å²) in [4.78, 5) is 14.6. The smallest absolute Gasteiger partial charge is 0.253 e. The molecule has 1 atom stereocenters. The molecular formula is C18H17ClN4O. The van der Waals surface area contributed by atoms with Crippen LogP contribution in [0.25, 0.3) is 5.65 Å². The van der Waals surface area contributed by atoms with E-state index in [1.807, 2.05) is 33.7 Å². The summed E-state index contributed by atoms with van der Waals surface area (Å²) in [5.41, 5.74) is 1.51. The lowest BCUT2D eigenvalue weighted by molar-refractivity contribution is 0.0704. The van der Waals surface area contributed by atoms with Crippen molar-refractivity contribution in [1.82, 2.24) is 19.5 Å². The lowest BCUT2D eigenvalue weighted by Gasteiger charge is -2.32. The molecule has 6 heteroatoms. The average molecular weight is 341 g/mol. The Labute approximate surface area is 144 Å². The van der Waals surface area contributed by atoms with Gasteiger partial charge in [-0.05, 0) is 49.2 Å². The summed E-state index contributed by atoms with van der Waals surface area (Å²) < 4.78 is 2.01. The van der Waals surface area contributed by atoms with E-state index >= 15 is 0 Å². The van der Waals surface area contributed by atoms with Crippen LogP contribution < -0.4 is 0 Å².